The first-order valence-electron chi connectivity index (χ1n) is 11.2. The number of nitrogens with zero attached hydrogens (tertiary/aromatic N) is 4. The smallest absolute Gasteiger partial charge is 0.262 e. The van der Waals surface area contributed by atoms with Crippen LogP contribution in [0.2, 0.25) is 0 Å². The molecule has 32 heavy (non-hydrogen) atoms. The summed E-state index contributed by atoms with van der Waals surface area (Å²) in [6, 6.07) is 3.92. The molecule has 5 rings (SSSR count). The van der Waals surface area contributed by atoms with Crippen LogP contribution in [-0.2, 0) is 24.2 Å². The second-order valence-corrected chi connectivity index (χ2v) is 9.34. The van der Waals surface area contributed by atoms with Gasteiger partial charge in [-0.15, -0.1) is 11.3 Å². The van der Waals surface area contributed by atoms with Crippen molar-refractivity contribution in [3.05, 3.63) is 50.5 Å². The van der Waals surface area contributed by atoms with Gasteiger partial charge < -0.3 is 15.0 Å². The number of aryl methyl sites for hydroxylation is 2. The second kappa shape index (κ2) is 8.99. The van der Waals surface area contributed by atoms with E-state index < -0.39 is 0 Å². The van der Waals surface area contributed by atoms with Gasteiger partial charge in [-0.1, -0.05) is 6.42 Å². The van der Waals surface area contributed by atoms with Gasteiger partial charge in [0.05, 0.1) is 23.5 Å². The average Bonchev–Trinajstić information content (AvgIpc) is 2.98. The number of rotatable bonds is 4. The number of aromatic nitrogens is 3. The summed E-state index contributed by atoms with van der Waals surface area (Å²) in [5, 5.41) is 3.60. The fraction of sp³-hybridized carbons (Fsp3) is 0.478. The molecule has 0 radical (unpaired) electrons. The normalized spacial score (nSPS) is 16.6. The number of fused-ring (bicyclic) bond motifs is 2. The molecule has 3 aromatic heterocycles. The third-order valence-electron chi connectivity index (χ3n) is 6.22. The van der Waals surface area contributed by atoms with Crippen molar-refractivity contribution in [3.8, 4) is 0 Å². The van der Waals surface area contributed by atoms with Crippen LogP contribution in [0.5, 0.6) is 0 Å². The van der Waals surface area contributed by atoms with E-state index in [2.05, 4.69) is 15.2 Å². The van der Waals surface area contributed by atoms with Gasteiger partial charge in [-0.25, -0.2) is 9.97 Å². The average molecular weight is 454 g/mol. The Morgan fingerprint density at radius 3 is 2.91 bits per heavy atom. The molecule has 168 valence electrons. The van der Waals surface area contributed by atoms with Gasteiger partial charge in [-0.2, -0.15) is 0 Å². The van der Waals surface area contributed by atoms with E-state index in [4.69, 9.17) is 9.72 Å². The van der Waals surface area contributed by atoms with Crippen LogP contribution in [0.3, 0.4) is 0 Å². The lowest BCUT2D eigenvalue weighted by Crippen LogP contribution is -2.36. The molecule has 0 aliphatic carbocycles. The predicted molar refractivity (Wildman–Crippen MR) is 125 cm³/mol. The van der Waals surface area contributed by atoms with Gasteiger partial charge in [0.1, 0.15) is 16.5 Å². The number of amides is 1. The van der Waals surface area contributed by atoms with Crippen molar-refractivity contribution in [1.29, 1.82) is 0 Å². The lowest BCUT2D eigenvalue weighted by molar-refractivity contribution is 0.0954. The number of carbonyl (C=O) groups is 1. The van der Waals surface area contributed by atoms with Crippen molar-refractivity contribution < 1.29 is 9.53 Å². The van der Waals surface area contributed by atoms with Crippen molar-refractivity contribution in [1.82, 2.24) is 19.9 Å². The summed E-state index contributed by atoms with van der Waals surface area (Å²) in [5.41, 5.74) is 1.70. The molecule has 0 atom stereocenters. The number of hydrogen-bond donors (Lipinski definition) is 1. The fourth-order valence-corrected chi connectivity index (χ4v) is 5.53. The van der Waals surface area contributed by atoms with Crippen LogP contribution in [-0.4, -0.2) is 46.7 Å². The minimum absolute atomic E-state index is 0.0102. The maximum Gasteiger partial charge on any atom is 0.262 e. The first-order chi connectivity index (χ1) is 15.6. The maximum absolute atomic E-state index is 13.1. The lowest BCUT2D eigenvalue weighted by Gasteiger charge is -2.28. The molecule has 0 unspecified atom stereocenters. The van der Waals surface area contributed by atoms with Gasteiger partial charge in [0.15, 0.2) is 0 Å². The summed E-state index contributed by atoms with van der Waals surface area (Å²) >= 11 is 1.32. The first kappa shape index (κ1) is 21.1. The SMILES string of the molecule is Cc1c(C(=O)NCc2ccnc(N3CCOCC3)c2)sc2nc3n(c(=O)c12)CCCCC3. The Morgan fingerprint density at radius 1 is 1.22 bits per heavy atom. The highest BCUT2D eigenvalue weighted by Gasteiger charge is 2.22. The number of carbonyl (C=O) groups excluding carboxylic acids is 1. The van der Waals surface area contributed by atoms with Crippen molar-refractivity contribution in [2.45, 2.75) is 45.7 Å². The Morgan fingerprint density at radius 2 is 2.06 bits per heavy atom. The van der Waals surface area contributed by atoms with Crippen LogP contribution in [0.15, 0.2) is 23.1 Å². The van der Waals surface area contributed by atoms with E-state index in [1.165, 1.54) is 11.3 Å². The summed E-state index contributed by atoms with van der Waals surface area (Å²) < 4.78 is 7.21. The van der Waals surface area contributed by atoms with E-state index in [0.29, 0.717) is 41.4 Å². The molecule has 2 aliphatic heterocycles. The zero-order chi connectivity index (χ0) is 22.1. The van der Waals surface area contributed by atoms with E-state index in [1.54, 1.807) is 10.8 Å². The molecule has 3 aromatic rings. The number of anilines is 1. The Hall–Kier alpha value is -2.78. The molecule has 1 fully saturated rings. The molecular weight excluding hydrogens is 426 g/mol. The number of nitrogens with one attached hydrogen (secondary N) is 1. The highest BCUT2D eigenvalue weighted by molar-refractivity contribution is 7.20. The van der Waals surface area contributed by atoms with E-state index in [-0.39, 0.29) is 11.5 Å². The summed E-state index contributed by atoms with van der Waals surface area (Å²) in [5.74, 6) is 1.58. The zero-order valence-electron chi connectivity index (χ0n) is 18.2. The highest BCUT2D eigenvalue weighted by atomic mass is 32.1. The van der Waals surface area contributed by atoms with Crippen LogP contribution in [0.1, 0.15) is 45.9 Å². The minimum Gasteiger partial charge on any atom is -0.378 e. The summed E-state index contributed by atoms with van der Waals surface area (Å²) in [4.78, 5) is 38.8. The molecule has 0 saturated carbocycles. The van der Waals surface area contributed by atoms with Crippen molar-refractivity contribution in [2.75, 3.05) is 31.2 Å². The van der Waals surface area contributed by atoms with Gasteiger partial charge in [0.25, 0.3) is 11.5 Å². The molecule has 5 heterocycles. The molecular formula is C23H27N5O3S. The van der Waals surface area contributed by atoms with E-state index in [1.807, 2.05) is 19.1 Å². The Labute approximate surface area is 190 Å². The predicted octanol–water partition coefficient (Wildman–Crippen LogP) is 2.65. The molecule has 0 spiro atoms. The largest absolute Gasteiger partial charge is 0.378 e. The summed E-state index contributed by atoms with van der Waals surface area (Å²) in [6.07, 6.45) is 5.75. The number of thiophene rings is 1. The Bertz CT molecular complexity index is 1210. The van der Waals surface area contributed by atoms with Crippen LogP contribution < -0.4 is 15.8 Å². The maximum atomic E-state index is 13.1. The number of ether oxygens (including phenoxy) is 1. The van der Waals surface area contributed by atoms with Gasteiger partial charge in [0, 0.05) is 38.8 Å². The Balaban J connectivity index is 1.36. The summed E-state index contributed by atoms with van der Waals surface area (Å²) in [6.45, 7) is 5.99. The second-order valence-electron chi connectivity index (χ2n) is 8.34. The van der Waals surface area contributed by atoms with Gasteiger partial charge in [-0.05, 0) is 43.0 Å². The van der Waals surface area contributed by atoms with Crippen molar-refractivity contribution >= 4 is 33.3 Å². The first-order valence-corrected chi connectivity index (χ1v) is 12.0. The van der Waals surface area contributed by atoms with Gasteiger partial charge in [-0.3, -0.25) is 14.2 Å². The van der Waals surface area contributed by atoms with E-state index in [9.17, 15) is 9.59 Å². The minimum atomic E-state index is -0.171. The number of pyridine rings is 1. The molecule has 1 amide bonds. The molecule has 8 nitrogen and oxygen atoms in total. The monoisotopic (exact) mass is 453 g/mol. The van der Waals surface area contributed by atoms with Crippen molar-refractivity contribution in [2.24, 2.45) is 0 Å². The zero-order valence-corrected chi connectivity index (χ0v) is 19.0. The van der Waals surface area contributed by atoms with E-state index >= 15 is 0 Å². The van der Waals surface area contributed by atoms with Gasteiger partial charge in [0.2, 0.25) is 0 Å². The van der Waals surface area contributed by atoms with Crippen LogP contribution in [0.25, 0.3) is 10.2 Å². The molecule has 9 heteroatoms. The topological polar surface area (TPSA) is 89.3 Å². The molecule has 2 aliphatic rings. The summed E-state index contributed by atoms with van der Waals surface area (Å²) in [7, 11) is 0. The third kappa shape index (κ3) is 4.02. The third-order valence-corrected chi connectivity index (χ3v) is 7.40. The molecule has 1 N–H and O–H groups in total. The lowest BCUT2D eigenvalue weighted by atomic mass is 10.2. The van der Waals surface area contributed by atoms with Crippen molar-refractivity contribution in [3.63, 3.8) is 0 Å². The standard InChI is InChI=1S/C23H27N5O3S/c1-15-19-22(26-17-5-3-2-4-8-28(17)23(19)30)32-20(15)21(29)25-14-16-6-7-24-18(13-16)27-9-11-31-12-10-27/h6-7,13H,2-5,8-12,14H2,1H3,(H,25,29). The fourth-order valence-electron chi connectivity index (χ4n) is 4.42. The molecule has 1 saturated heterocycles. The van der Waals surface area contributed by atoms with Crippen LogP contribution in [0, 0.1) is 6.92 Å². The highest BCUT2D eigenvalue weighted by Crippen LogP contribution is 2.28. The number of morpholine rings is 1. The number of hydrogen-bond acceptors (Lipinski definition) is 7. The molecule has 0 aromatic carbocycles. The van der Waals surface area contributed by atoms with E-state index in [0.717, 1.165) is 61.5 Å². The quantitative estimate of drug-likeness (QED) is 0.653. The van der Waals surface area contributed by atoms with Gasteiger partial charge >= 0.3 is 0 Å². The van der Waals surface area contributed by atoms with Crippen LogP contribution in [0.4, 0.5) is 5.82 Å². The molecule has 0 bridgehead atoms. The Kier molecular flexibility index (Phi) is 5.93. The van der Waals surface area contributed by atoms with Crippen LogP contribution >= 0.6 is 11.3 Å².